The molecule has 74 valence electrons. The number of hydrogen-bond donors (Lipinski definition) is 2. The molecule has 0 bridgehead atoms. The molecule has 1 aliphatic carbocycles. The van der Waals surface area contributed by atoms with Crippen LogP contribution < -0.4 is 5.32 Å². The van der Waals surface area contributed by atoms with Crippen LogP contribution in [0.4, 0.5) is 5.69 Å². The largest absolute Gasteiger partial charge is 0.348 e. The summed E-state index contributed by atoms with van der Waals surface area (Å²) in [5, 5.41) is 18.9. The van der Waals surface area contributed by atoms with Crippen LogP contribution in [0.3, 0.4) is 0 Å². The van der Waals surface area contributed by atoms with Crippen molar-refractivity contribution in [2.24, 2.45) is 0 Å². The van der Waals surface area contributed by atoms with Gasteiger partial charge in [0.05, 0.1) is 4.92 Å². The van der Waals surface area contributed by atoms with E-state index in [2.05, 4.69) is 15.5 Å². The number of carbonyl (C=O) groups excluding carboxylic acids is 1. The Hall–Kier alpha value is -1.92. The molecule has 1 saturated carbocycles. The first kappa shape index (κ1) is 8.67. The molecular weight excluding hydrogens is 188 g/mol. The first-order valence-electron chi connectivity index (χ1n) is 4.17. The SMILES string of the molecule is O=C(NC1CC1)c1[nH]ncc1[N+](=O)[O-]. The van der Waals surface area contributed by atoms with Gasteiger partial charge in [0.25, 0.3) is 5.91 Å². The zero-order chi connectivity index (χ0) is 10.1. The lowest BCUT2D eigenvalue weighted by Crippen LogP contribution is -2.26. The van der Waals surface area contributed by atoms with Crippen molar-refractivity contribution in [3.05, 3.63) is 22.0 Å². The zero-order valence-corrected chi connectivity index (χ0v) is 7.19. The van der Waals surface area contributed by atoms with Crippen molar-refractivity contribution in [1.82, 2.24) is 15.5 Å². The van der Waals surface area contributed by atoms with Gasteiger partial charge in [-0.25, -0.2) is 0 Å². The van der Waals surface area contributed by atoms with Gasteiger partial charge in [0.1, 0.15) is 6.20 Å². The number of nitrogens with one attached hydrogen (secondary N) is 2. The van der Waals surface area contributed by atoms with E-state index >= 15 is 0 Å². The van der Waals surface area contributed by atoms with Gasteiger partial charge in [-0.3, -0.25) is 20.0 Å². The van der Waals surface area contributed by atoms with Crippen molar-refractivity contribution in [2.45, 2.75) is 18.9 Å². The molecule has 0 spiro atoms. The Morgan fingerprint density at radius 1 is 1.71 bits per heavy atom. The lowest BCUT2D eigenvalue weighted by molar-refractivity contribution is -0.385. The number of aromatic amines is 1. The van der Waals surface area contributed by atoms with Crippen LogP contribution in [-0.4, -0.2) is 27.1 Å². The molecule has 7 nitrogen and oxygen atoms in total. The monoisotopic (exact) mass is 196 g/mol. The highest BCUT2D eigenvalue weighted by molar-refractivity contribution is 5.96. The van der Waals surface area contributed by atoms with E-state index in [0.717, 1.165) is 19.0 Å². The first-order chi connectivity index (χ1) is 6.68. The van der Waals surface area contributed by atoms with Gasteiger partial charge in [0.15, 0.2) is 0 Å². The van der Waals surface area contributed by atoms with E-state index < -0.39 is 10.8 Å². The summed E-state index contributed by atoms with van der Waals surface area (Å²) in [5.74, 6) is -0.461. The maximum Gasteiger partial charge on any atom is 0.319 e. The van der Waals surface area contributed by atoms with Gasteiger partial charge < -0.3 is 5.32 Å². The van der Waals surface area contributed by atoms with Crippen LogP contribution in [0.5, 0.6) is 0 Å². The van der Waals surface area contributed by atoms with Crippen molar-refractivity contribution >= 4 is 11.6 Å². The van der Waals surface area contributed by atoms with Crippen LogP contribution in [0.15, 0.2) is 6.20 Å². The second-order valence-corrected chi connectivity index (χ2v) is 3.14. The highest BCUT2D eigenvalue weighted by atomic mass is 16.6. The molecule has 1 amide bonds. The summed E-state index contributed by atoms with van der Waals surface area (Å²) < 4.78 is 0. The highest BCUT2D eigenvalue weighted by Gasteiger charge is 2.28. The first-order valence-corrected chi connectivity index (χ1v) is 4.17. The number of aromatic nitrogens is 2. The predicted molar refractivity (Wildman–Crippen MR) is 45.7 cm³/mol. The maximum absolute atomic E-state index is 11.4. The van der Waals surface area contributed by atoms with Gasteiger partial charge in [-0.15, -0.1) is 0 Å². The van der Waals surface area contributed by atoms with Crippen molar-refractivity contribution in [2.75, 3.05) is 0 Å². The third-order valence-electron chi connectivity index (χ3n) is 1.96. The van der Waals surface area contributed by atoms with Gasteiger partial charge in [0.2, 0.25) is 5.69 Å². The van der Waals surface area contributed by atoms with E-state index in [0.29, 0.717) is 0 Å². The molecule has 1 aromatic heterocycles. The lowest BCUT2D eigenvalue weighted by Gasteiger charge is -1.98. The highest BCUT2D eigenvalue weighted by Crippen LogP contribution is 2.21. The van der Waals surface area contributed by atoms with E-state index in [1.807, 2.05) is 0 Å². The number of hydrogen-bond acceptors (Lipinski definition) is 4. The van der Waals surface area contributed by atoms with E-state index in [-0.39, 0.29) is 17.4 Å². The molecule has 1 fully saturated rings. The summed E-state index contributed by atoms with van der Waals surface area (Å²) in [4.78, 5) is 21.2. The molecular formula is C7H8N4O3. The Bertz CT molecular complexity index is 382. The van der Waals surface area contributed by atoms with Gasteiger partial charge >= 0.3 is 5.69 Å². The third-order valence-corrected chi connectivity index (χ3v) is 1.96. The molecule has 1 aliphatic rings. The second-order valence-electron chi connectivity index (χ2n) is 3.14. The summed E-state index contributed by atoms with van der Waals surface area (Å²) in [5.41, 5.74) is -0.370. The molecule has 0 saturated heterocycles. The number of amides is 1. The number of nitro groups is 1. The summed E-state index contributed by atoms with van der Waals surface area (Å²) in [6, 6.07) is 0.172. The Morgan fingerprint density at radius 3 is 3.00 bits per heavy atom. The van der Waals surface area contributed by atoms with Crippen LogP contribution in [0.2, 0.25) is 0 Å². The normalized spacial score (nSPS) is 15.1. The lowest BCUT2D eigenvalue weighted by atomic mass is 10.3. The van der Waals surface area contributed by atoms with Gasteiger partial charge in [0, 0.05) is 6.04 Å². The Kier molecular flexibility index (Phi) is 1.91. The van der Waals surface area contributed by atoms with Crippen LogP contribution >= 0.6 is 0 Å². The second kappa shape index (κ2) is 3.09. The Morgan fingerprint density at radius 2 is 2.43 bits per heavy atom. The Labute approximate surface area is 78.6 Å². The van der Waals surface area contributed by atoms with E-state index in [9.17, 15) is 14.9 Å². The minimum absolute atomic E-state index is 0.0816. The fourth-order valence-electron chi connectivity index (χ4n) is 1.07. The van der Waals surface area contributed by atoms with Crippen molar-refractivity contribution in [1.29, 1.82) is 0 Å². The number of H-pyrrole nitrogens is 1. The molecule has 1 aromatic rings. The van der Waals surface area contributed by atoms with Crippen molar-refractivity contribution in [3.63, 3.8) is 0 Å². The molecule has 2 N–H and O–H groups in total. The smallest absolute Gasteiger partial charge is 0.319 e. The zero-order valence-electron chi connectivity index (χ0n) is 7.19. The Balaban J connectivity index is 2.17. The average Bonchev–Trinajstić information content (AvgIpc) is 2.81. The maximum atomic E-state index is 11.4. The minimum atomic E-state index is -0.634. The van der Waals surface area contributed by atoms with Crippen LogP contribution in [0, 0.1) is 10.1 Å². The molecule has 1 heterocycles. The van der Waals surface area contributed by atoms with Crippen molar-refractivity contribution < 1.29 is 9.72 Å². The average molecular weight is 196 g/mol. The molecule has 0 radical (unpaired) electrons. The predicted octanol–water partition coefficient (Wildman–Crippen LogP) is 0.210. The summed E-state index contributed by atoms with van der Waals surface area (Å²) >= 11 is 0. The van der Waals surface area contributed by atoms with Crippen molar-refractivity contribution in [3.8, 4) is 0 Å². The van der Waals surface area contributed by atoms with E-state index in [1.165, 1.54) is 0 Å². The summed E-state index contributed by atoms with van der Waals surface area (Å²) in [6.07, 6.45) is 2.91. The van der Waals surface area contributed by atoms with Gasteiger partial charge in [-0.1, -0.05) is 0 Å². The number of carbonyl (C=O) groups is 1. The van der Waals surface area contributed by atoms with Crippen LogP contribution in [0.1, 0.15) is 23.3 Å². The molecule has 0 aromatic carbocycles. The van der Waals surface area contributed by atoms with Crippen LogP contribution in [0.25, 0.3) is 0 Å². The van der Waals surface area contributed by atoms with E-state index in [1.54, 1.807) is 0 Å². The van der Waals surface area contributed by atoms with Gasteiger partial charge in [-0.05, 0) is 12.8 Å². The molecule has 2 rings (SSSR count). The quantitative estimate of drug-likeness (QED) is 0.533. The molecule has 7 heteroatoms. The van der Waals surface area contributed by atoms with Crippen LogP contribution in [-0.2, 0) is 0 Å². The molecule has 0 atom stereocenters. The summed E-state index contributed by atoms with van der Waals surface area (Å²) in [7, 11) is 0. The third kappa shape index (κ3) is 1.56. The minimum Gasteiger partial charge on any atom is -0.348 e. The number of nitrogens with zero attached hydrogens (tertiary/aromatic N) is 2. The van der Waals surface area contributed by atoms with Gasteiger partial charge in [-0.2, -0.15) is 5.10 Å². The fraction of sp³-hybridized carbons (Fsp3) is 0.429. The van der Waals surface area contributed by atoms with E-state index in [4.69, 9.17) is 0 Å². The number of rotatable bonds is 3. The standard InChI is InChI=1S/C7H8N4O3/c12-7(9-4-1-2-4)6-5(11(13)14)3-8-10-6/h3-4H,1-2H2,(H,8,10)(H,9,12). The topological polar surface area (TPSA) is 101 Å². The fourth-order valence-corrected chi connectivity index (χ4v) is 1.07. The molecule has 14 heavy (non-hydrogen) atoms. The molecule has 0 unspecified atom stereocenters. The summed E-state index contributed by atoms with van der Waals surface area (Å²) in [6.45, 7) is 0. The molecule has 0 aliphatic heterocycles.